The summed E-state index contributed by atoms with van der Waals surface area (Å²) in [6.07, 6.45) is 0.377. The van der Waals surface area contributed by atoms with Crippen LogP contribution in [0.1, 0.15) is 12.0 Å². The van der Waals surface area contributed by atoms with Crippen LogP contribution < -0.4 is 4.74 Å². The molecule has 0 radical (unpaired) electrons. The van der Waals surface area contributed by atoms with Gasteiger partial charge in [-0.3, -0.25) is 9.59 Å². The van der Waals surface area contributed by atoms with Crippen molar-refractivity contribution in [1.29, 1.82) is 0 Å². The first-order valence-electron chi connectivity index (χ1n) is 6.82. The van der Waals surface area contributed by atoms with Gasteiger partial charge >= 0.3 is 5.97 Å². The van der Waals surface area contributed by atoms with Crippen LogP contribution in [-0.4, -0.2) is 47.3 Å². The summed E-state index contributed by atoms with van der Waals surface area (Å²) < 4.78 is 5.24. The highest BCUT2D eigenvalue weighted by molar-refractivity contribution is 5.89. The number of para-hydroxylation sites is 1. The average Bonchev–Trinajstić information content (AvgIpc) is 3.27. The Morgan fingerprint density at radius 1 is 1.33 bits per heavy atom. The van der Waals surface area contributed by atoms with Gasteiger partial charge in [0.15, 0.2) is 0 Å². The van der Waals surface area contributed by atoms with Gasteiger partial charge in [-0.1, -0.05) is 18.2 Å². The Morgan fingerprint density at radius 2 is 2.05 bits per heavy atom. The number of ether oxygens (including phenoxy) is 1. The number of aliphatic hydroxyl groups excluding tert-OH is 1. The molecule has 0 aromatic heterocycles. The van der Waals surface area contributed by atoms with Crippen molar-refractivity contribution in [2.75, 3.05) is 20.3 Å². The first-order chi connectivity index (χ1) is 10.1. The molecule has 0 bridgehead atoms. The van der Waals surface area contributed by atoms with Crippen LogP contribution in [0.5, 0.6) is 5.75 Å². The van der Waals surface area contributed by atoms with Gasteiger partial charge in [-0.2, -0.15) is 0 Å². The SMILES string of the molecule is COc1ccccc1CN(CCO)C(=O)[C@@H]1C[C@@H]1C(=O)O. The fourth-order valence-electron chi connectivity index (χ4n) is 2.40. The quantitative estimate of drug-likeness (QED) is 0.774. The summed E-state index contributed by atoms with van der Waals surface area (Å²) in [6, 6.07) is 7.32. The van der Waals surface area contributed by atoms with Crippen molar-refractivity contribution >= 4 is 11.9 Å². The third-order valence-corrected chi connectivity index (χ3v) is 3.66. The highest BCUT2D eigenvalue weighted by atomic mass is 16.5. The van der Waals surface area contributed by atoms with Crippen LogP contribution in [0.15, 0.2) is 24.3 Å². The number of methoxy groups -OCH3 is 1. The Bertz CT molecular complexity index is 531. The fraction of sp³-hybridized carbons (Fsp3) is 0.467. The van der Waals surface area contributed by atoms with Gasteiger partial charge in [0.25, 0.3) is 0 Å². The normalized spacial score (nSPS) is 19.9. The number of aliphatic carboxylic acids is 1. The molecule has 0 unspecified atom stereocenters. The van der Waals surface area contributed by atoms with Crippen LogP contribution >= 0.6 is 0 Å². The van der Waals surface area contributed by atoms with Crippen LogP contribution in [-0.2, 0) is 16.1 Å². The van der Waals surface area contributed by atoms with Crippen LogP contribution in [0, 0.1) is 11.8 Å². The van der Waals surface area contributed by atoms with E-state index >= 15 is 0 Å². The number of aliphatic hydroxyl groups is 1. The largest absolute Gasteiger partial charge is 0.496 e. The third kappa shape index (κ3) is 3.52. The Balaban J connectivity index is 2.09. The standard InChI is InChI=1S/C15H19NO5/c1-21-13-5-3-2-4-10(13)9-16(6-7-17)14(18)11-8-12(11)15(19)20/h2-5,11-12,17H,6-9H2,1H3,(H,19,20)/t11-,12+/m1/s1. The molecule has 21 heavy (non-hydrogen) atoms. The average molecular weight is 293 g/mol. The minimum absolute atomic E-state index is 0.161. The lowest BCUT2D eigenvalue weighted by molar-refractivity contribution is -0.142. The molecular formula is C15H19NO5. The van der Waals surface area contributed by atoms with E-state index in [1.165, 1.54) is 4.90 Å². The summed E-state index contributed by atoms with van der Waals surface area (Å²) in [5.74, 6) is -1.55. The van der Waals surface area contributed by atoms with Crippen molar-refractivity contribution in [3.8, 4) is 5.75 Å². The number of carboxylic acids is 1. The monoisotopic (exact) mass is 293 g/mol. The smallest absolute Gasteiger partial charge is 0.307 e. The molecule has 6 heteroatoms. The number of hydrogen-bond acceptors (Lipinski definition) is 4. The van der Waals surface area contributed by atoms with E-state index in [4.69, 9.17) is 14.9 Å². The predicted octanol–water partition coefficient (Wildman–Crippen LogP) is 0.737. The maximum atomic E-state index is 12.3. The molecule has 1 saturated carbocycles. The molecule has 0 saturated heterocycles. The van der Waals surface area contributed by atoms with Crippen LogP contribution in [0.2, 0.25) is 0 Å². The van der Waals surface area contributed by atoms with E-state index in [0.29, 0.717) is 18.7 Å². The lowest BCUT2D eigenvalue weighted by atomic mass is 10.1. The molecule has 1 aromatic rings. The summed E-state index contributed by atoms with van der Waals surface area (Å²) in [4.78, 5) is 24.7. The second-order valence-electron chi connectivity index (χ2n) is 5.08. The van der Waals surface area contributed by atoms with Crippen molar-refractivity contribution in [2.24, 2.45) is 11.8 Å². The molecule has 0 heterocycles. The zero-order chi connectivity index (χ0) is 15.4. The molecule has 0 spiro atoms. The summed E-state index contributed by atoms with van der Waals surface area (Å²) in [5, 5.41) is 18.0. The van der Waals surface area contributed by atoms with E-state index in [1.807, 2.05) is 18.2 Å². The Kier molecular flexibility index (Phi) is 4.80. The number of carboxylic acid groups (broad SMARTS) is 1. The first kappa shape index (κ1) is 15.3. The van der Waals surface area contributed by atoms with Crippen molar-refractivity contribution in [3.05, 3.63) is 29.8 Å². The van der Waals surface area contributed by atoms with Crippen LogP contribution in [0.4, 0.5) is 0 Å². The minimum atomic E-state index is -0.936. The second-order valence-corrected chi connectivity index (χ2v) is 5.08. The number of benzene rings is 1. The number of amides is 1. The maximum Gasteiger partial charge on any atom is 0.307 e. The molecule has 1 aromatic carbocycles. The van der Waals surface area contributed by atoms with Gasteiger partial charge in [-0.05, 0) is 12.5 Å². The van der Waals surface area contributed by atoms with Gasteiger partial charge in [-0.15, -0.1) is 0 Å². The Hall–Kier alpha value is -2.08. The summed E-state index contributed by atoms with van der Waals surface area (Å²) in [7, 11) is 1.55. The topological polar surface area (TPSA) is 87.1 Å². The van der Waals surface area contributed by atoms with Crippen molar-refractivity contribution in [3.63, 3.8) is 0 Å². The van der Waals surface area contributed by atoms with E-state index in [-0.39, 0.29) is 19.1 Å². The molecule has 1 aliphatic carbocycles. The number of nitrogens with zero attached hydrogens (tertiary/aromatic N) is 1. The lowest BCUT2D eigenvalue weighted by Crippen LogP contribution is -2.35. The van der Waals surface area contributed by atoms with Gasteiger partial charge in [0.2, 0.25) is 5.91 Å². The zero-order valence-corrected chi connectivity index (χ0v) is 11.9. The van der Waals surface area contributed by atoms with Gasteiger partial charge in [0, 0.05) is 18.7 Å². The highest BCUT2D eigenvalue weighted by Crippen LogP contribution is 2.40. The zero-order valence-electron chi connectivity index (χ0n) is 11.9. The second kappa shape index (κ2) is 6.58. The summed E-state index contributed by atoms with van der Waals surface area (Å²) in [5.41, 5.74) is 0.828. The number of hydrogen-bond donors (Lipinski definition) is 2. The summed E-state index contributed by atoms with van der Waals surface area (Å²) in [6.45, 7) is 0.317. The Morgan fingerprint density at radius 3 is 2.62 bits per heavy atom. The van der Waals surface area contributed by atoms with E-state index in [0.717, 1.165) is 5.56 Å². The maximum absolute atomic E-state index is 12.3. The molecular weight excluding hydrogens is 274 g/mol. The van der Waals surface area contributed by atoms with Gasteiger partial charge in [0.05, 0.1) is 25.6 Å². The molecule has 2 rings (SSSR count). The van der Waals surface area contributed by atoms with Crippen LogP contribution in [0.3, 0.4) is 0 Å². The fourth-order valence-corrected chi connectivity index (χ4v) is 2.40. The van der Waals surface area contributed by atoms with Gasteiger partial charge in [0.1, 0.15) is 5.75 Å². The Labute approximate surface area is 122 Å². The first-order valence-corrected chi connectivity index (χ1v) is 6.82. The highest BCUT2D eigenvalue weighted by Gasteiger charge is 2.49. The molecule has 0 aliphatic heterocycles. The number of carbonyl (C=O) groups excluding carboxylic acids is 1. The molecule has 114 valence electrons. The van der Waals surface area contributed by atoms with Crippen LogP contribution in [0.25, 0.3) is 0 Å². The molecule has 1 fully saturated rings. The van der Waals surface area contributed by atoms with Gasteiger partial charge in [-0.25, -0.2) is 0 Å². The van der Waals surface area contributed by atoms with E-state index in [1.54, 1.807) is 13.2 Å². The molecule has 1 aliphatic rings. The molecule has 6 nitrogen and oxygen atoms in total. The lowest BCUT2D eigenvalue weighted by Gasteiger charge is -2.23. The minimum Gasteiger partial charge on any atom is -0.496 e. The van der Waals surface area contributed by atoms with Gasteiger partial charge < -0.3 is 19.8 Å². The molecule has 2 atom stereocenters. The predicted molar refractivity (Wildman–Crippen MR) is 74.7 cm³/mol. The van der Waals surface area contributed by atoms with E-state index in [2.05, 4.69) is 0 Å². The van der Waals surface area contributed by atoms with E-state index in [9.17, 15) is 9.59 Å². The third-order valence-electron chi connectivity index (χ3n) is 3.66. The van der Waals surface area contributed by atoms with Crippen molar-refractivity contribution in [1.82, 2.24) is 4.90 Å². The number of carbonyl (C=O) groups is 2. The van der Waals surface area contributed by atoms with E-state index < -0.39 is 17.8 Å². The van der Waals surface area contributed by atoms with Crippen molar-refractivity contribution < 1.29 is 24.5 Å². The summed E-state index contributed by atoms with van der Waals surface area (Å²) >= 11 is 0. The molecule has 2 N–H and O–H groups in total. The number of rotatable bonds is 7. The van der Waals surface area contributed by atoms with Crippen molar-refractivity contribution in [2.45, 2.75) is 13.0 Å². The molecule has 1 amide bonds.